The highest BCUT2D eigenvalue weighted by molar-refractivity contribution is 7.11. The van der Waals surface area contributed by atoms with Crippen molar-refractivity contribution in [2.45, 2.75) is 59.4 Å². The van der Waals surface area contributed by atoms with Crippen LogP contribution in [0.1, 0.15) is 62.4 Å². The van der Waals surface area contributed by atoms with E-state index in [0.29, 0.717) is 6.04 Å². The summed E-state index contributed by atoms with van der Waals surface area (Å²) >= 11 is 1.87. The first-order valence-electron chi connectivity index (χ1n) is 7.77. The molecule has 2 rings (SSSR count). The third-order valence-corrected chi connectivity index (χ3v) is 5.67. The van der Waals surface area contributed by atoms with Gasteiger partial charge in [0.2, 0.25) is 0 Å². The van der Waals surface area contributed by atoms with Crippen molar-refractivity contribution in [3.8, 4) is 0 Å². The molecular formula is C16H28N2S. The molecule has 0 aliphatic heterocycles. The van der Waals surface area contributed by atoms with Crippen molar-refractivity contribution in [2.75, 3.05) is 6.54 Å². The molecule has 1 saturated carbocycles. The zero-order valence-corrected chi connectivity index (χ0v) is 13.6. The van der Waals surface area contributed by atoms with E-state index in [4.69, 9.17) is 0 Å². The summed E-state index contributed by atoms with van der Waals surface area (Å²) in [5.74, 6) is 2.54. The SMILES string of the molecule is CCCNC(c1cnc(C)s1)C1CCC(C)C(C)C1. The number of nitrogens with zero attached hydrogens (tertiary/aromatic N) is 1. The average Bonchev–Trinajstić information content (AvgIpc) is 2.80. The molecule has 19 heavy (non-hydrogen) atoms. The van der Waals surface area contributed by atoms with Gasteiger partial charge in [-0.15, -0.1) is 11.3 Å². The maximum atomic E-state index is 4.45. The van der Waals surface area contributed by atoms with Gasteiger partial charge >= 0.3 is 0 Å². The molecule has 4 unspecified atom stereocenters. The molecule has 108 valence electrons. The van der Waals surface area contributed by atoms with Crippen LogP contribution < -0.4 is 5.32 Å². The van der Waals surface area contributed by atoms with E-state index in [0.717, 1.165) is 24.3 Å². The number of aryl methyl sites for hydroxylation is 1. The number of rotatable bonds is 5. The molecule has 0 amide bonds. The Kier molecular flexibility index (Phi) is 5.40. The van der Waals surface area contributed by atoms with Crippen LogP contribution in [0.4, 0.5) is 0 Å². The van der Waals surface area contributed by atoms with Gasteiger partial charge in [-0.2, -0.15) is 0 Å². The van der Waals surface area contributed by atoms with Gasteiger partial charge in [-0.05, 0) is 50.5 Å². The lowest BCUT2D eigenvalue weighted by atomic mass is 9.73. The molecule has 1 aromatic rings. The first kappa shape index (κ1) is 15.0. The van der Waals surface area contributed by atoms with Gasteiger partial charge in [0.1, 0.15) is 0 Å². The molecular weight excluding hydrogens is 252 g/mol. The van der Waals surface area contributed by atoms with Gasteiger partial charge in [-0.25, -0.2) is 4.98 Å². The molecule has 1 aromatic heterocycles. The predicted octanol–water partition coefficient (Wildman–Crippen LogP) is 4.56. The van der Waals surface area contributed by atoms with Crippen LogP contribution >= 0.6 is 11.3 Å². The van der Waals surface area contributed by atoms with E-state index in [1.165, 1.54) is 35.6 Å². The molecule has 1 N–H and O–H groups in total. The lowest BCUT2D eigenvalue weighted by molar-refractivity contribution is 0.172. The molecule has 1 fully saturated rings. The highest BCUT2D eigenvalue weighted by Crippen LogP contribution is 2.41. The van der Waals surface area contributed by atoms with Crippen molar-refractivity contribution in [1.82, 2.24) is 10.3 Å². The summed E-state index contributed by atoms with van der Waals surface area (Å²) in [6, 6.07) is 0.529. The lowest BCUT2D eigenvalue weighted by Crippen LogP contribution is -2.33. The van der Waals surface area contributed by atoms with Gasteiger partial charge in [0, 0.05) is 17.1 Å². The molecule has 3 heteroatoms. The third-order valence-electron chi connectivity index (χ3n) is 4.67. The molecule has 0 saturated heterocycles. The minimum absolute atomic E-state index is 0.529. The summed E-state index contributed by atoms with van der Waals surface area (Å²) in [5, 5.41) is 4.96. The molecule has 0 radical (unpaired) electrons. The summed E-state index contributed by atoms with van der Waals surface area (Å²) < 4.78 is 0. The van der Waals surface area contributed by atoms with E-state index >= 15 is 0 Å². The fourth-order valence-electron chi connectivity index (χ4n) is 3.21. The Bertz CT molecular complexity index is 388. The second-order valence-electron chi connectivity index (χ2n) is 6.24. The highest BCUT2D eigenvalue weighted by Gasteiger charge is 2.31. The highest BCUT2D eigenvalue weighted by atomic mass is 32.1. The lowest BCUT2D eigenvalue weighted by Gasteiger charge is -2.36. The van der Waals surface area contributed by atoms with Crippen molar-refractivity contribution in [3.05, 3.63) is 16.1 Å². The number of nitrogens with one attached hydrogen (secondary N) is 1. The van der Waals surface area contributed by atoms with Crippen LogP contribution in [0.25, 0.3) is 0 Å². The Morgan fingerprint density at radius 2 is 2.16 bits per heavy atom. The van der Waals surface area contributed by atoms with Crippen LogP contribution in [0.15, 0.2) is 6.20 Å². The number of hydrogen-bond donors (Lipinski definition) is 1. The van der Waals surface area contributed by atoms with Gasteiger partial charge in [0.15, 0.2) is 0 Å². The summed E-state index contributed by atoms with van der Waals surface area (Å²) in [6.07, 6.45) is 7.40. The molecule has 1 aliphatic carbocycles. The second kappa shape index (κ2) is 6.85. The largest absolute Gasteiger partial charge is 0.309 e. The van der Waals surface area contributed by atoms with E-state index < -0.39 is 0 Å². The zero-order valence-electron chi connectivity index (χ0n) is 12.8. The number of aromatic nitrogens is 1. The minimum atomic E-state index is 0.529. The molecule has 4 atom stereocenters. The van der Waals surface area contributed by atoms with E-state index in [-0.39, 0.29) is 0 Å². The summed E-state index contributed by atoms with van der Waals surface area (Å²) in [7, 11) is 0. The topological polar surface area (TPSA) is 24.9 Å². The normalized spacial score (nSPS) is 29.4. The first-order valence-corrected chi connectivity index (χ1v) is 8.59. The van der Waals surface area contributed by atoms with E-state index in [1.807, 2.05) is 11.3 Å². The Labute approximate surface area is 122 Å². The van der Waals surface area contributed by atoms with Gasteiger partial charge < -0.3 is 5.32 Å². The van der Waals surface area contributed by atoms with Crippen molar-refractivity contribution in [3.63, 3.8) is 0 Å². The van der Waals surface area contributed by atoms with Gasteiger partial charge in [0.25, 0.3) is 0 Å². The predicted molar refractivity (Wildman–Crippen MR) is 83.6 cm³/mol. The van der Waals surface area contributed by atoms with Crippen LogP contribution in [-0.4, -0.2) is 11.5 Å². The monoisotopic (exact) mass is 280 g/mol. The van der Waals surface area contributed by atoms with E-state index in [1.54, 1.807) is 0 Å². The number of hydrogen-bond acceptors (Lipinski definition) is 3. The standard InChI is InChI=1S/C16H28N2S/c1-5-8-17-16(15-10-18-13(4)19-15)14-7-6-11(2)12(3)9-14/h10-12,14,16-17H,5-9H2,1-4H3. The molecule has 0 spiro atoms. The zero-order chi connectivity index (χ0) is 13.8. The smallest absolute Gasteiger partial charge is 0.0897 e. The third kappa shape index (κ3) is 3.79. The second-order valence-corrected chi connectivity index (χ2v) is 7.51. The summed E-state index contributed by atoms with van der Waals surface area (Å²) in [4.78, 5) is 5.90. The van der Waals surface area contributed by atoms with Crippen LogP contribution in [0.3, 0.4) is 0 Å². The van der Waals surface area contributed by atoms with Crippen molar-refractivity contribution >= 4 is 11.3 Å². The fourth-order valence-corrected chi connectivity index (χ4v) is 4.17. The van der Waals surface area contributed by atoms with Crippen molar-refractivity contribution in [2.24, 2.45) is 17.8 Å². The Hall–Kier alpha value is -0.410. The van der Waals surface area contributed by atoms with Gasteiger partial charge in [-0.3, -0.25) is 0 Å². The van der Waals surface area contributed by atoms with Crippen molar-refractivity contribution in [1.29, 1.82) is 0 Å². The Balaban J connectivity index is 2.09. The summed E-state index contributed by atoms with van der Waals surface area (Å²) in [5.41, 5.74) is 0. The van der Waals surface area contributed by atoms with Gasteiger partial charge in [0.05, 0.1) is 5.01 Å². The summed E-state index contributed by atoms with van der Waals surface area (Å²) in [6.45, 7) is 10.3. The van der Waals surface area contributed by atoms with Gasteiger partial charge in [-0.1, -0.05) is 27.2 Å². The molecule has 1 heterocycles. The quantitative estimate of drug-likeness (QED) is 0.855. The first-order chi connectivity index (χ1) is 9.11. The Morgan fingerprint density at radius 1 is 1.37 bits per heavy atom. The maximum absolute atomic E-state index is 4.45. The average molecular weight is 280 g/mol. The molecule has 0 bridgehead atoms. The van der Waals surface area contributed by atoms with Crippen LogP contribution in [0, 0.1) is 24.7 Å². The van der Waals surface area contributed by atoms with Crippen LogP contribution in [0.2, 0.25) is 0 Å². The Morgan fingerprint density at radius 3 is 2.74 bits per heavy atom. The van der Waals surface area contributed by atoms with Crippen LogP contribution in [-0.2, 0) is 0 Å². The molecule has 2 nitrogen and oxygen atoms in total. The van der Waals surface area contributed by atoms with E-state index in [2.05, 4.69) is 44.2 Å². The van der Waals surface area contributed by atoms with Crippen molar-refractivity contribution < 1.29 is 0 Å². The fraction of sp³-hybridized carbons (Fsp3) is 0.812. The molecule has 0 aromatic carbocycles. The molecule has 1 aliphatic rings. The maximum Gasteiger partial charge on any atom is 0.0897 e. The number of thiazole rings is 1. The van der Waals surface area contributed by atoms with E-state index in [9.17, 15) is 0 Å². The van der Waals surface area contributed by atoms with Crippen LogP contribution in [0.5, 0.6) is 0 Å². The minimum Gasteiger partial charge on any atom is -0.309 e.